The number of hydrogen-bond acceptors (Lipinski definition) is 4. The number of esters is 2. The summed E-state index contributed by atoms with van der Waals surface area (Å²) in [4.78, 5) is 22.9. The molecule has 2 aromatic rings. The van der Waals surface area contributed by atoms with Crippen molar-refractivity contribution in [3.05, 3.63) is 94.1 Å². The van der Waals surface area contributed by atoms with Crippen LogP contribution in [0.2, 0.25) is 0 Å². The molecule has 0 radical (unpaired) electrons. The van der Waals surface area contributed by atoms with Gasteiger partial charge in [-0.3, -0.25) is 0 Å². The summed E-state index contributed by atoms with van der Waals surface area (Å²) in [6.45, 7) is -1.85. The quantitative estimate of drug-likeness (QED) is 0.148. The van der Waals surface area contributed by atoms with Gasteiger partial charge in [-0.25, -0.2) is 44.7 Å². The van der Waals surface area contributed by atoms with Gasteiger partial charge in [0.1, 0.15) is 13.2 Å². The Balaban J connectivity index is 1.86. The van der Waals surface area contributed by atoms with Crippen molar-refractivity contribution < 1.29 is 54.2 Å². The highest BCUT2D eigenvalue weighted by Crippen LogP contribution is 2.20. The number of halogens is 8. The van der Waals surface area contributed by atoms with Crippen LogP contribution in [0.5, 0.6) is 0 Å². The lowest BCUT2D eigenvalue weighted by Gasteiger charge is -2.06. The van der Waals surface area contributed by atoms with Gasteiger partial charge >= 0.3 is 11.9 Å². The topological polar surface area (TPSA) is 52.6 Å². The average molecular weight is 466 g/mol. The number of rotatable bonds is 7. The zero-order valence-corrected chi connectivity index (χ0v) is 15.5. The smallest absolute Gasteiger partial charge is 0.331 e. The fourth-order valence-corrected chi connectivity index (χ4v) is 2.12. The van der Waals surface area contributed by atoms with Crippen molar-refractivity contribution in [3.63, 3.8) is 0 Å². The molecule has 0 saturated carbocycles. The van der Waals surface area contributed by atoms with E-state index in [1.54, 1.807) is 0 Å². The first-order valence-electron chi connectivity index (χ1n) is 8.34. The van der Waals surface area contributed by atoms with Crippen LogP contribution in [0.25, 0.3) is 0 Å². The number of ether oxygens (including phenoxy) is 2. The Morgan fingerprint density at radius 3 is 1.28 bits per heavy atom. The Bertz CT molecular complexity index is 1020. The van der Waals surface area contributed by atoms with E-state index >= 15 is 0 Å². The van der Waals surface area contributed by atoms with Crippen molar-refractivity contribution in [1.82, 2.24) is 0 Å². The Labute approximate surface area is 174 Å². The van der Waals surface area contributed by atoms with Gasteiger partial charge < -0.3 is 9.47 Å². The summed E-state index contributed by atoms with van der Waals surface area (Å²) < 4.78 is 114. The van der Waals surface area contributed by atoms with E-state index in [-0.39, 0.29) is 0 Å². The van der Waals surface area contributed by atoms with Crippen molar-refractivity contribution in [1.29, 1.82) is 0 Å². The molecule has 0 saturated heterocycles. The molecule has 0 amide bonds. The molecule has 2 rings (SSSR count). The first-order chi connectivity index (χ1) is 15.0. The molecule has 0 aliphatic heterocycles. The molecule has 0 heterocycles. The van der Waals surface area contributed by atoms with E-state index in [1.165, 1.54) is 0 Å². The van der Waals surface area contributed by atoms with Crippen LogP contribution in [0.3, 0.4) is 0 Å². The van der Waals surface area contributed by atoms with E-state index in [0.29, 0.717) is 24.3 Å². The van der Waals surface area contributed by atoms with Crippen LogP contribution in [0.1, 0.15) is 11.1 Å². The second kappa shape index (κ2) is 10.6. The van der Waals surface area contributed by atoms with Gasteiger partial charge in [-0.1, -0.05) is 12.2 Å². The SMILES string of the molecule is O=C(/C=C/C=C/C(=O)OCc1cc(F)c(F)c(F)c1F)OCc1cc(F)c(F)c(F)c1F. The summed E-state index contributed by atoms with van der Waals surface area (Å²) >= 11 is 0. The van der Waals surface area contributed by atoms with Gasteiger partial charge in [0.25, 0.3) is 0 Å². The lowest BCUT2D eigenvalue weighted by molar-refractivity contribution is -0.140. The van der Waals surface area contributed by atoms with Gasteiger partial charge in [-0.15, -0.1) is 0 Å². The van der Waals surface area contributed by atoms with Crippen molar-refractivity contribution >= 4 is 11.9 Å². The lowest BCUT2D eigenvalue weighted by Crippen LogP contribution is -2.07. The van der Waals surface area contributed by atoms with Gasteiger partial charge in [0.05, 0.1) is 0 Å². The van der Waals surface area contributed by atoms with E-state index in [1.807, 2.05) is 0 Å². The van der Waals surface area contributed by atoms with E-state index < -0.39 is 82.8 Å². The van der Waals surface area contributed by atoms with Crippen LogP contribution in [0.15, 0.2) is 36.4 Å². The molecule has 2 aromatic carbocycles. The fraction of sp³-hybridized carbons (Fsp3) is 0.100. The summed E-state index contributed by atoms with van der Waals surface area (Å²) in [6, 6.07) is 0.616. The van der Waals surface area contributed by atoms with Crippen LogP contribution >= 0.6 is 0 Å². The monoisotopic (exact) mass is 466 g/mol. The van der Waals surface area contributed by atoms with Gasteiger partial charge in [0.2, 0.25) is 0 Å². The van der Waals surface area contributed by atoms with Crippen molar-refractivity contribution in [2.75, 3.05) is 0 Å². The molecule has 0 aliphatic carbocycles. The average Bonchev–Trinajstić information content (AvgIpc) is 2.76. The highest BCUT2D eigenvalue weighted by atomic mass is 19.2. The van der Waals surface area contributed by atoms with E-state index in [4.69, 9.17) is 0 Å². The largest absolute Gasteiger partial charge is 0.458 e. The van der Waals surface area contributed by atoms with E-state index in [2.05, 4.69) is 9.47 Å². The summed E-state index contributed by atoms with van der Waals surface area (Å²) in [7, 11) is 0. The molecular weight excluding hydrogens is 456 g/mol. The minimum atomic E-state index is -2.07. The summed E-state index contributed by atoms with van der Waals surface area (Å²) in [5, 5.41) is 0. The second-order valence-corrected chi connectivity index (χ2v) is 5.85. The predicted octanol–water partition coefficient (Wildman–Crippen LogP) is 4.70. The molecule has 0 spiro atoms. The molecule has 0 N–H and O–H groups in total. The summed E-state index contributed by atoms with van der Waals surface area (Å²) in [5.74, 6) is -17.3. The molecule has 0 unspecified atom stereocenters. The third-order valence-electron chi connectivity index (χ3n) is 3.67. The van der Waals surface area contributed by atoms with Crippen molar-refractivity contribution in [2.24, 2.45) is 0 Å². The van der Waals surface area contributed by atoms with Gasteiger partial charge in [-0.05, 0) is 12.1 Å². The minimum Gasteiger partial charge on any atom is -0.458 e. The first kappa shape index (κ1) is 24.6. The highest BCUT2D eigenvalue weighted by Gasteiger charge is 2.20. The van der Waals surface area contributed by atoms with Gasteiger partial charge in [-0.2, -0.15) is 0 Å². The van der Waals surface area contributed by atoms with Crippen LogP contribution in [-0.2, 0) is 32.3 Å². The van der Waals surface area contributed by atoms with Crippen molar-refractivity contribution in [3.8, 4) is 0 Å². The number of hydrogen-bond donors (Lipinski definition) is 0. The second-order valence-electron chi connectivity index (χ2n) is 5.85. The minimum absolute atomic E-state index is 0.308. The van der Waals surface area contributed by atoms with Crippen LogP contribution in [0.4, 0.5) is 35.1 Å². The maximum Gasteiger partial charge on any atom is 0.331 e. The van der Waals surface area contributed by atoms with E-state index in [0.717, 1.165) is 12.2 Å². The Morgan fingerprint density at radius 1 is 0.594 bits per heavy atom. The molecule has 0 aromatic heterocycles. The molecule has 0 aliphatic rings. The molecule has 4 nitrogen and oxygen atoms in total. The normalized spacial score (nSPS) is 11.4. The van der Waals surface area contributed by atoms with Crippen LogP contribution in [-0.4, -0.2) is 11.9 Å². The third-order valence-corrected chi connectivity index (χ3v) is 3.67. The lowest BCUT2D eigenvalue weighted by atomic mass is 10.2. The van der Waals surface area contributed by atoms with Crippen LogP contribution in [0, 0.1) is 46.5 Å². The maximum absolute atomic E-state index is 13.4. The van der Waals surface area contributed by atoms with Gasteiger partial charge in [0.15, 0.2) is 46.5 Å². The zero-order chi connectivity index (χ0) is 24.0. The van der Waals surface area contributed by atoms with Crippen LogP contribution < -0.4 is 0 Å². The standard InChI is InChI=1S/C20H10F8O4/c21-11-5-9(15(23)19(27)17(11)25)7-31-13(29)3-1-2-4-14(30)32-8-10-6-12(22)18(26)20(28)16(10)24/h1-6H,7-8H2/b3-1+,4-2+. The Hall–Kier alpha value is -3.70. The number of benzene rings is 2. The number of allylic oxidation sites excluding steroid dienone is 2. The molecule has 0 bridgehead atoms. The molecule has 12 heteroatoms. The maximum atomic E-state index is 13.4. The number of carbonyl (C=O) groups is 2. The Morgan fingerprint density at radius 2 is 0.938 bits per heavy atom. The fourth-order valence-electron chi connectivity index (χ4n) is 2.12. The molecule has 32 heavy (non-hydrogen) atoms. The predicted molar refractivity (Wildman–Crippen MR) is 90.4 cm³/mol. The van der Waals surface area contributed by atoms with Gasteiger partial charge in [0, 0.05) is 23.3 Å². The highest BCUT2D eigenvalue weighted by molar-refractivity contribution is 5.84. The zero-order valence-electron chi connectivity index (χ0n) is 15.5. The van der Waals surface area contributed by atoms with Crippen molar-refractivity contribution in [2.45, 2.75) is 13.2 Å². The third kappa shape index (κ3) is 5.93. The molecular formula is C20H10F8O4. The molecule has 0 atom stereocenters. The molecule has 0 fully saturated rings. The summed E-state index contributed by atoms with van der Waals surface area (Å²) in [6.07, 6.45) is 3.29. The first-order valence-corrected chi connectivity index (χ1v) is 8.34. The summed E-state index contributed by atoms with van der Waals surface area (Å²) in [5.41, 5.74) is -1.52. The Kier molecular flexibility index (Phi) is 8.10. The number of carbonyl (C=O) groups excluding carboxylic acids is 2. The van der Waals surface area contributed by atoms with E-state index in [9.17, 15) is 44.7 Å². The molecule has 170 valence electrons.